The van der Waals surface area contributed by atoms with Gasteiger partial charge in [0.25, 0.3) is 0 Å². The van der Waals surface area contributed by atoms with Crippen LogP contribution in [0.3, 0.4) is 0 Å². The summed E-state index contributed by atoms with van der Waals surface area (Å²) in [5, 5.41) is 5.49. The Morgan fingerprint density at radius 1 is 1.35 bits per heavy atom. The Labute approximate surface area is 106 Å². The number of thiophene rings is 1. The van der Waals surface area contributed by atoms with Crippen molar-refractivity contribution in [3.8, 4) is 0 Å². The largest absolute Gasteiger partial charge is 0.369 e. The Morgan fingerprint density at radius 3 is 2.82 bits per heavy atom. The van der Waals surface area contributed by atoms with E-state index in [1.165, 1.54) is 4.88 Å². The van der Waals surface area contributed by atoms with Crippen molar-refractivity contribution in [1.82, 2.24) is 9.97 Å². The van der Waals surface area contributed by atoms with Gasteiger partial charge in [-0.1, -0.05) is 19.9 Å². The van der Waals surface area contributed by atoms with E-state index >= 15 is 0 Å². The third-order valence-corrected chi connectivity index (χ3v) is 3.91. The van der Waals surface area contributed by atoms with E-state index in [2.05, 4.69) is 46.6 Å². The molecule has 0 saturated heterocycles. The fourth-order valence-electron chi connectivity index (χ4n) is 1.62. The van der Waals surface area contributed by atoms with Gasteiger partial charge in [-0.15, -0.1) is 11.3 Å². The van der Waals surface area contributed by atoms with Crippen LogP contribution in [0.15, 0.2) is 29.8 Å². The van der Waals surface area contributed by atoms with Gasteiger partial charge in [0.1, 0.15) is 11.6 Å². The number of hydrogen-bond donors (Lipinski definition) is 1. The van der Waals surface area contributed by atoms with Gasteiger partial charge in [-0.05, 0) is 24.4 Å². The molecule has 2 aromatic rings. The fourth-order valence-corrected chi connectivity index (χ4v) is 2.47. The van der Waals surface area contributed by atoms with Crippen LogP contribution < -0.4 is 5.32 Å². The van der Waals surface area contributed by atoms with Crippen LogP contribution in [0.2, 0.25) is 0 Å². The first-order chi connectivity index (χ1) is 8.08. The molecule has 2 rings (SSSR count). The molecule has 0 aliphatic carbocycles. The van der Waals surface area contributed by atoms with Gasteiger partial charge in [0.05, 0.1) is 0 Å². The molecule has 0 spiro atoms. The van der Waals surface area contributed by atoms with Crippen LogP contribution in [-0.4, -0.2) is 16.5 Å². The molecular weight excluding hydrogens is 230 g/mol. The van der Waals surface area contributed by atoms with E-state index in [1.807, 2.05) is 13.0 Å². The predicted octanol–water partition coefficient (Wildman–Crippen LogP) is 3.24. The van der Waals surface area contributed by atoms with E-state index in [1.54, 1.807) is 17.5 Å². The summed E-state index contributed by atoms with van der Waals surface area (Å²) in [7, 11) is 0. The van der Waals surface area contributed by atoms with Gasteiger partial charge in [-0.2, -0.15) is 0 Å². The first-order valence-electron chi connectivity index (χ1n) is 5.65. The molecular formula is C13H17N3S. The van der Waals surface area contributed by atoms with Crippen molar-refractivity contribution in [3.63, 3.8) is 0 Å². The van der Waals surface area contributed by atoms with E-state index in [0.717, 1.165) is 18.2 Å². The maximum Gasteiger partial charge on any atom is 0.129 e. The van der Waals surface area contributed by atoms with E-state index in [-0.39, 0.29) is 5.41 Å². The number of nitrogens with one attached hydrogen (secondary N) is 1. The van der Waals surface area contributed by atoms with Crippen LogP contribution in [0.4, 0.5) is 5.82 Å². The number of anilines is 1. The molecule has 0 atom stereocenters. The van der Waals surface area contributed by atoms with Gasteiger partial charge >= 0.3 is 0 Å². The van der Waals surface area contributed by atoms with Crippen molar-refractivity contribution in [1.29, 1.82) is 0 Å². The number of rotatable bonds is 4. The third-order valence-electron chi connectivity index (χ3n) is 2.68. The Balaban J connectivity index is 2.03. The standard InChI is InChI=1S/C13H17N3S/c1-10-14-7-6-12(16-10)15-9-13(2,3)11-5-4-8-17-11/h4-8H,9H2,1-3H3,(H,14,15,16). The third kappa shape index (κ3) is 3.03. The zero-order valence-electron chi connectivity index (χ0n) is 10.4. The Kier molecular flexibility index (Phi) is 3.43. The van der Waals surface area contributed by atoms with Crippen LogP contribution in [0.5, 0.6) is 0 Å². The summed E-state index contributed by atoms with van der Waals surface area (Å²) >= 11 is 1.80. The summed E-state index contributed by atoms with van der Waals surface area (Å²) in [6, 6.07) is 6.17. The average molecular weight is 247 g/mol. The summed E-state index contributed by atoms with van der Waals surface area (Å²) in [5.41, 5.74) is 0.118. The van der Waals surface area contributed by atoms with Crippen molar-refractivity contribution in [3.05, 3.63) is 40.5 Å². The molecule has 1 N–H and O–H groups in total. The Hall–Kier alpha value is -1.42. The predicted molar refractivity (Wildman–Crippen MR) is 72.6 cm³/mol. The molecule has 0 aliphatic rings. The topological polar surface area (TPSA) is 37.8 Å². The normalized spacial score (nSPS) is 11.5. The Morgan fingerprint density at radius 2 is 2.18 bits per heavy atom. The zero-order valence-corrected chi connectivity index (χ0v) is 11.2. The molecule has 17 heavy (non-hydrogen) atoms. The molecule has 0 saturated carbocycles. The van der Waals surface area contributed by atoms with Crippen molar-refractivity contribution in [2.75, 3.05) is 11.9 Å². The van der Waals surface area contributed by atoms with Crippen LogP contribution in [-0.2, 0) is 5.41 Å². The molecule has 3 nitrogen and oxygen atoms in total. The van der Waals surface area contributed by atoms with Crippen molar-refractivity contribution >= 4 is 17.2 Å². The highest BCUT2D eigenvalue weighted by molar-refractivity contribution is 7.10. The van der Waals surface area contributed by atoms with Gasteiger partial charge in [-0.3, -0.25) is 0 Å². The molecule has 0 radical (unpaired) electrons. The van der Waals surface area contributed by atoms with Crippen molar-refractivity contribution in [2.45, 2.75) is 26.2 Å². The Bertz CT molecular complexity index is 477. The lowest BCUT2D eigenvalue weighted by atomic mass is 9.91. The molecule has 0 unspecified atom stereocenters. The van der Waals surface area contributed by atoms with Crippen LogP contribution >= 0.6 is 11.3 Å². The summed E-state index contributed by atoms with van der Waals surface area (Å²) in [4.78, 5) is 9.81. The summed E-state index contributed by atoms with van der Waals surface area (Å²) in [5.74, 6) is 1.69. The van der Waals surface area contributed by atoms with Gasteiger partial charge in [0.15, 0.2) is 0 Å². The van der Waals surface area contributed by atoms with Crippen LogP contribution in [0, 0.1) is 6.92 Å². The minimum atomic E-state index is 0.118. The van der Waals surface area contributed by atoms with E-state index in [0.29, 0.717) is 0 Å². The average Bonchev–Trinajstić information content (AvgIpc) is 2.81. The monoisotopic (exact) mass is 247 g/mol. The summed E-state index contributed by atoms with van der Waals surface area (Å²) in [6.45, 7) is 7.24. The molecule has 0 aliphatic heterocycles. The van der Waals surface area contributed by atoms with Crippen molar-refractivity contribution in [2.24, 2.45) is 0 Å². The number of aromatic nitrogens is 2. The van der Waals surface area contributed by atoms with Gasteiger partial charge in [0, 0.05) is 23.0 Å². The van der Waals surface area contributed by atoms with Crippen LogP contribution in [0.1, 0.15) is 24.5 Å². The summed E-state index contributed by atoms with van der Waals surface area (Å²) in [6.07, 6.45) is 1.78. The fraction of sp³-hybridized carbons (Fsp3) is 0.385. The molecule has 2 heterocycles. The lowest BCUT2D eigenvalue weighted by Gasteiger charge is -2.23. The summed E-state index contributed by atoms with van der Waals surface area (Å²) < 4.78 is 0. The first kappa shape index (κ1) is 12.0. The number of nitrogens with zero attached hydrogens (tertiary/aromatic N) is 2. The molecule has 90 valence electrons. The maximum absolute atomic E-state index is 4.34. The minimum Gasteiger partial charge on any atom is -0.369 e. The smallest absolute Gasteiger partial charge is 0.129 e. The second-order valence-corrected chi connectivity index (χ2v) is 5.65. The first-order valence-corrected chi connectivity index (χ1v) is 6.53. The van der Waals surface area contributed by atoms with Gasteiger partial charge in [0.2, 0.25) is 0 Å². The lowest BCUT2D eigenvalue weighted by Crippen LogP contribution is -2.26. The van der Waals surface area contributed by atoms with Gasteiger partial charge < -0.3 is 5.32 Å². The second-order valence-electron chi connectivity index (χ2n) is 4.70. The second kappa shape index (κ2) is 4.84. The molecule has 0 bridgehead atoms. The van der Waals surface area contributed by atoms with E-state index < -0.39 is 0 Å². The van der Waals surface area contributed by atoms with Gasteiger partial charge in [-0.25, -0.2) is 9.97 Å². The lowest BCUT2D eigenvalue weighted by molar-refractivity contribution is 0.568. The molecule has 4 heteroatoms. The van der Waals surface area contributed by atoms with Crippen molar-refractivity contribution < 1.29 is 0 Å². The minimum absolute atomic E-state index is 0.118. The van der Waals surface area contributed by atoms with E-state index in [4.69, 9.17) is 0 Å². The quantitative estimate of drug-likeness (QED) is 0.901. The highest BCUT2D eigenvalue weighted by Gasteiger charge is 2.21. The highest BCUT2D eigenvalue weighted by Crippen LogP contribution is 2.27. The molecule has 2 aromatic heterocycles. The zero-order chi connectivity index (χ0) is 12.3. The number of aryl methyl sites for hydroxylation is 1. The molecule has 0 amide bonds. The van der Waals surface area contributed by atoms with Crippen LogP contribution in [0.25, 0.3) is 0 Å². The SMILES string of the molecule is Cc1nccc(NCC(C)(C)c2cccs2)n1. The van der Waals surface area contributed by atoms with E-state index in [9.17, 15) is 0 Å². The molecule has 0 fully saturated rings. The highest BCUT2D eigenvalue weighted by atomic mass is 32.1. The molecule has 0 aromatic carbocycles. The maximum atomic E-state index is 4.34. The number of hydrogen-bond acceptors (Lipinski definition) is 4.